The van der Waals surface area contributed by atoms with E-state index in [4.69, 9.17) is 0 Å². The van der Waals surface area contributed by atoms with Gasteiger partial charge in [-0.05, 0) is 79.6 Å². The number of sulfonamides is 1. The normalized spacial score (nSPS) is 12.4. The van der Waals surface area contributed by atoms with Crippen molar-refractivity contribution in [3.63, 3.8) is 0 Å². The molecule has 0 aromatic heterocycles. The standard InChI is InChI=1S/C26H29F2N3O3S/c1-5-18(2)31(35(33,34)24-12-9-21(27)10-13-24)17-20-16-23(11-14-25(20)30(3)4)29-26(32)19-7-6-8-22(28)15-19/h6-16,18H,5,17H2,1-4H3,(H,29,32)/t18-/m1/s1. The van der Waals surface area contributed by atoms with Gasteiger partial charge in [0.05, 0.1) is 4.90 Å². The summed E-state index contributed by atoms with van der Waals surface area (Å²) in [4.78, 5) is 14.5. The molecule has 35 heavy (non-hydrogen) atoms. The van der Waals surface area contributed by atoms with Gasteiger partial charge in [0.15, 0.2) is 0 Å². The highest BCUT2D eigenvalue weighted by molar-refractivity contribution is 7.89. The zero-order chi connectivity index (χ0) is 25.8. The van der Waals surface area contributed by atoms with Crippen LogP contribution in [-0.2, 0) is 16.6 Å². The SMILES string of the molecule is CC[C@@H](C)N(Cc1cc(NC(=O)c2cccc(F)c2)ccc1N(C)C)S(=O)(=O)c1ccc(F)cc1. The lowest BCUT2D eigenvalue weighted by atomic mass is 10.1. The molecule has 6 nitrogen and oxygen atoms in total. The van der Waals surface area contributed by atoms with Gasteiger partial charge in [-0.2, -0.15) is 4.31 Å². The van der Waals surface area contributed by atoms with Crippen LogP contribution in [0.15, 0.2) is 71.6 Å². The molecule has 1 atom stereocenters. The van der Waals surface area contributed by atoms with Crippen LogP contribution in [0.5, 0.6) is 0 Å². The van der Waals surface area contributed by atoms with Gasteiger partial charge in [0.2, 0.25) is 10.0 Å². The molecule has 3 aromatic rings. The van der Waals surface area contributed by atoms with Gasteiger partial charge < -0.3 is 10.2 Å². The highest BCUT2D eigenvalue weighted by atomic mass is 32.2. The maximum atomic E-state index is 13.5. The second-order valence-electron chi connectivity index (χ2n) is 8.46. The van der Waals surface area contributed by atoms with Gasteiger partial charge >= 0.3 is 0 Å². The first-order chi connectivity index (χ1) is 16.5. The van der Waals surface area contributed by atoms with E-state index >= 15 is 0 Å². The van der Waals surface area contributed by atoms with Gasteiger partial charge in [0, 0.05) is 43.6 Å². The number of halogens is 2. The van der Waals surface area contributed by atoms with Gasteiger partial charge in [-0.3, -0.25) is 4.79 Å². The molecular formula is C26H29F2N3O3S. The van der Waals surface area contributed by atoms with E-state index < -0.39 is 27.6 Å². The highest BCUT2D eigenvalue weighted by Crippen LogP contribution is 2.29. The van der Waals surface area contributed by atoms with Crippen LogP contribution in [0.1, 0.15) is 36.2 Å². The number of benzene rings is 3. The number of hydrogen-bond donors (Lipinski definition) is 1. The number of carbonyl (C=O) groups excluding carboxylic acids is 1. The molecular weight excluding hydrogens is 472 g/mol. The second kappa shape index (κ2) is 11.0. The first-order valence-corrected chi connectivity index (χ1v) is 12.6. The van der Waals surface area contributed by atoms with E-state index in [-0.39, 0.29) is 23.0 Å². The van der Waals surface area contributed by atoms with Crippen molar-refractivity contribution >= 4 is 27.3 Å². The smallest absolute Gasteiger partial charge is 0.255 e. The Hall–Kier alpha value is -3.30. The van der Waals surface area contributed by atoms with Crippen LogP contribution < -0.4 is 10.2 Å². The van der Waals surface area contributed by atoms with Crippen molar-refractivity contribution < 1.29 is 22.0 Å². The monoisotopic (exact) mass is 501 g/mol. The summed E-state index contributed by atoms with van der Waals surface area (Å²) in [5.41, 5.74) is 2.06. The molecule has 0 aliphatic rings. The predicted molar refractivity (Wildman–Crippen MR) is 134 cm³/mol. The molecule has 1 N–H and O–H groups in total. The molecule has 0 heterocycles. The van der Waals surface area contributed by atoms with Crippen molar-refractivity contribution in [2.45, 2.75) is 37.8 Å². The van der Waals surface area contributed by atoms with Crippen LogP contribution >= 0.6 is 0 Å². The maximum Gasteiger partial charge on any atom is 0.255 e. The number of nitrogens with zero attached hydrogens (tertiary/aromatic N) is 2. The average molecular weight is 502 g/mol. The number of rotatable bonds is 9. The van der Waals surface area contributed by atoms with Crippen LogP contribution in [0, 0.1) is 11.6 Å². The lowest BCUT2D eigenvalue weighted by Crippen LogP contribution is -2.38. The number of hydrogen-bond acceptors (Lipinski definition) is 4. The Labute approximate surface area is 205 Å². The first kappa shape index (κ1) is 26.3. The van der Waals surface area contributed by atoms with Gasteiger partial charge in [0.25, 0.3) is 5.91 Å². The molecule has 0 fully saturated rings. The molecule has 0 bridgehead atoms. The van der Waals surface area contributed by atoms with Crippen molar-refractivity contribution in [2.24, 2.45) is 0 Å². The highest BCUT2D eigenvalue weighted by Gasteiger charge is 2.29. The summed E-state index contributed by atoms with van der Waals surface area (Å²) in [7, 11) is -0.256. The molecule has 0 saturated carbocycles. The minimum absolute atomic E-state index is 0.00108. The average Bonchev–Trinajstić information content (AvgIpc) is 2.82. The topological polar surface area (TPSA) is 69.7 Å². The molecule has 0 aliphatic heterocycles. The summed E-state index contributed by atoms with van der Waals surface area (Å²) >= 11 is 0. The van der Waals surface area contributed by atoms with Crippen molar-refractivity contribution in [3.8, 4) is 0 Å². The molecule has 0 aliphatic carbocycles. The Bertz CT molecular complexity index is 1300. The molecule has 186 valence electrons. The summed E-state index contributed by atoms with van der Waals surface area (Å²) in [6, 6.07) is 15.0. The zero-order valence-corrected chi connectivity index (χ0v) is 20.9. The Morgan fingerprint density at radius 3 is 2.26 bits per heavy atom. The third kappa shape index (κ3) is 6.23. The van der Waals surface area contributed by atoms with E-state index in [1.165, 1.54) is 34.6 Å². The van der Waals surface area contributed by atoms with E-state index in [1.807, 2.05) is 32.8 Å². The molecule has 9 heteroatoms. The molecule has 1 amide bonds. The number of anilines is 2. The van der Waals surface area contributed by atoms with Crippen LogP contribution in [-0.4, -0.2) is 38.8 Å². The van der Waals surface area contributed by atoms with E-state index in [2.05, 4.69) is 5.32 Å². The zero-order valence-electron chi connectivity index (χ0n) is 20.1. The number of nitrogens with one attached hydrogen (secondary N) is 1. The van der Waals surface area contributed by atoms with Crippen LogP contribution in [0.4, 0.5) is 20.2 Å². The fourth-order valence-corrected chi connectivity index (χ4v) is 5.33. The van der Waals surface area contributed by atoms with Crippen molar-refractivity contribution in [1.82, 2.24) is 4.31 Å². The van der Waals surface area contributed by atoms with Crippen LogP contribution in [0.2, 0.25) is 0 Å². The lowest BCUT2D eigenvalue weighted by molar-refractivity contribution is 0.102. The Balaban J connectivity index is 1.98. The number of amides is 1. The van der Waals surface area contributed by atoms with Gasteiger partial charge in [-0.15, -0.1) is 0 Å². The molecule has 0 unspecified atom stereocenters. The number of carbonyl (C=O) groups is 1. The summed E-state index contributed by atoms with van der Waals surface area (Å²) in [5, 5.41) is 2.75. The van der Waals surface area contributed by atoms with Gasteiger partial charge in [-0.25, -0.2) is 17.2 Å². The van der Waals surface area contributed by atoms with Crippen LogP contribution in [0.3, 0.4) is 0 Å². The summed E-state index contributed by atoms with van der Waals surface area (Å²) < 4.78 is 55.3. The Morgan fingerprint density at radius 1 is 0.971 bits per heavy atom. The molecule has 0 spiro atoms. The minimum atomic E-state index is -3.93. The molecule has 0 radical (unpaired) electrons. The summed E-state index contributed by atoms with van der Waals surface area (Å²) in [6.45, 7) is 3.73. The van der Waals surface area contributed by atoms with Crippen molar-refractivity contribution in [2.75, 3.05) is 24.3 Å². The molecule has 3 rings (SSSR count). The largest absolute Gasteiger partial charge is 0.377 e. The third-order valence-electron chi connectivity index (χ3n) is 5.73. The van der Waals surface area contributed by atoms with Crippen molar-refractivity contribution in [3.05, 3.63) is 89.5 Å². The maximum absolute atomic E-state index is 13.5. The fraction of sp³-hybridized carbons (Fsp3) is 0.269. The predicted octanol–water partition coefficient (Wildman–Crippen LogP) is 5.27. The molecule has 3 aromatic carbocycles. The van der Waals surface area contributed by atoms with E-state index in [0.29, 0.717) is 17.7 Å². The first-order valence-electron chi connectivity index (χ1n) is 11.2. The van der Waals surface area contributed by atoms with Gasteiger partial charge in [0.1, 0.15) is 11.6 Å². The van der Waals surface area contributed by atoms with E-state index in [9.17, 15) is 22.0 Å². The summed E-state index contributed by atoms with van der Waals surface area (Å²) in [5.74, 6) is -1.52. The Kier molecular flexibility index (Phi) is 8.24. The second-order valence-corrected chi connectivity index (χ2v) is 10.4. The molecule has 0 saturated heterocycles. The van der Waals surface area contributed by atoms with Gasteiger partial charge in [-0.1, -0.05) is 13.0 Å². The summed E-state index contributed by atoms with van der Waals surface area (Å²) in [6.07, 6.45) is 0.563. The van der Waals surface area contributed by atoms with Crippen molar-refractivity contribution in [1.29, 1.82) is 0 Å². The quantitative estimate of drug-likeness (QED) is 0.434. The van der Waals surface area contributed by atoms with E-state index in [1.54, 1.807) is 18.2 Å². The van der Waals surface area contributed by atoms with E-state index in [0.717, 1.165) is 23.9 Å². The van der Waals surface area contributed by atoms with Crippen LogP contribution in [0.25, 0.3) is 0 Å². The Morgan fingerprint density at radius 2 is 1.66 bits per heavy atom. The minimum Gasteiger partial charge on any atom is -0.377 e. The lowest BCUT2D eigenvalue weighted by Gasteiger charge is -2.30. The fourth-order valence-electron chi connectivity index (χ4n) is 3.65. The third-order valence-corrected chi connectivity index (χ3v) is 7.71.